The minimum Gasteiger partial charge on any atom is -0.386 e. The Morgan fingerprint density at radius 3 is 2.68 bits per heavy atom. The molecule has 0 unspecified atom stereocenters. The zero-order chi connectivity index (χ0) is 14.0. The fourth-order valence-electron chi connectivity index (χ4n) is 2.18. The van der Waals surface area contributed by atoms with Crippen LogP contribution in [0.4, 0.5) is 0 Å². The Balaban J connectivity index is 1.84. The van der Waals surface area contributed by atoms with Gasteiger partial charge in [0.05, 0.1) is 13.1 Å². The second kappa shape index (κ2) is 5.17. The predicted octanol–water partition coefficient (Wildman–Crippen LogP) is 0.468. The van der Waals surface area contributed by atoms with Crippen LogP contribution in [0, 0.1) is 5.92 Å². The van der Waals surface area contributed by atoms with Crippen molar-refractivity contribution in [2.45, 2.75) is 32.4 Å². The summed E-state index contributed by atoms with van der Waals surface area (Å²) in [5.74, 6) is 0.134. The molecule has 0 aliphatic carbocycles. The summed E-state index contributed by atoms with van der Waals surface area (Å²) in [7, 11) is 0. The smallest absolute Gasteiger partial charge is 0.250 e. The molecule has 2 rings (SSSR count). The summed E-state index contributed by atoms with van der Waals surface area (Å²) in [4.78, 5) is 25.0. The monoisotopic (exact) mass is 264 g/mol. The van der Waals surface area contributed by atoms with Gasteiger partial charge in [-0.05, 0) is 12.0 Å². The first kappa shape index (κ1) is 13.8. The van der Waals surface area contributed by atoms with Crippen LogP contribution in [0.1, 0.15) is 20.3 Å². The summed E-state index contributed by atoms with van der Waals surface area (Å²) < 4.78 is 1.52. The highest BCUT2D eigenvalue weighted by atomic mass is 16.3. The Hall–Kier alpha value is -1.62. The number of hydrogen-bond acceptors (Lipinski definition) is 3. The van der Waals surface area contributed by atoms with Crippen LogP contribution in [0.15, 0.2) is 29.2 Å². The molecule has 1 saturated heterocycles. The highest BCUT2D eigenvalue weighted by Gasteiger charge is 2.45. The Bertz CT molecular complexity index is 515. The largest absolute Gasteiger partial charge is 0.386 e. The molecule has 0 spiro atoms. The third-order valence-electron chi connectivity index (χ3n) is 3.82. The van der Waals surface area contributed by atoms with Gasteiger partial charge in [0.2, 0.25) is 5.91 Å². The van der Waals surface area contributed by atoms with Gasteiger partial charge in [-0.2, -0.15) is 0 Å². The van der Waals surface area contributed by atoms with E-state index in [0.717, 1.165) is 0 Å². The lowest BCUT2D eigenvalue weighted by molar-refractivity contribution is -0.164. The van der Waals surface area contributed by atoms with E-state index in [1.807, 2.05) is 13.8 Å². The molecule has 1 amide bonds. The van der Waals surface area contributed by atoms with E-state index in [4.69, 9.17) is 0 Å². The number of aryl methyl sites for hydroxylation is 1. The van der Waals surface area contributed by atoms with Crippen LogP contribution in [0.2, 0.25) is 0 Å². The first-order chi connectivity index (χ1) is 8.92. The van der Waals surface area contributed by atoms with E-state index >= 15 is 0 Å². The second-order valence-corrected chi connectivity index (χ2v) is 5.49. The number of hydrogen-bond donors (Lipinski definition) is 1. The van der Waals surface area contributed by atoms with E-state index in [-0.39, 0.29) is 23.8 Å². The molecule has 19 heavy (non-hydrogen) atoms. The maximum absolute atomic E-state index is 11.9. The first-order valence-electron chi connectivity index (χ1n) is 6.58. The minimum atomic E-state index is -0.737. The molecule has 0 saturated carbocycles. The predicted molar refractivity (Wildman–Crippen MR) is 71.7 cm³/mol. The van der Waals surface area contributed by atoms with Crippen LogP contribution < -0.4 is 5.56 Å². The van der Waals surface area contributed by atoms with Crippen LogP contribution in [0.5, 0.6) is 0 Å². The Morgan fingerprint density at radius 2 is 2.11 bits per heavy atom. The lowest BCUT2D eigenvalue weighted by atomic mass is 9.83. The van der Waals surface area contributed by atoms with Crippen LogP contribution in [-0.2, 0) is 11.3 Å². The van der Waals surface area contributed by atoms with Crippen molar-refractivity contribution in [1.82, 2.24) is 9.47 Å². The van der Waals surface area contributed by atoms with Crippen molar-refractivity contribution in [3.8, 4) is 0 Å². The number of nitrogens with zero attached hydrogens (tertiary/aromatic N) is 2. The zero-order valence-corrected chi connectivity index (χ0v) is 11.4. The van der Waals surface area contributed by atoms with Crippen LogP contribution in [-0.4, -0.2) is 39.2 Å². The van der Waals surface area contributed by atoms with Crippen molar-refractivity contribution in [3.05, 3.63) is 34.7 Å². The molecule has 1 N–H and O–H groups in total. The Kier molecular flexibility index (Phi) is 3.75. The number of amides is 1. The Morgan fingerprint density at radius 1 is 1.42 bits per heavy atom. The van der Waals surface area contributed by atoms with Crippen LogP contribution in [0.3, 0.4) is 0 Å². The topological polar surface area (TPSA) is 62.5 Å². The number of β-amino-alcohol motifs (C(OH)–C–C–N with tert-alkyl or cyclic N) is 1. The van der Waals surface area contributed by atoms with Gasteiger partial charge in [-0.1, -0.05) is 19.9 Å². The SMILES string of the molecule is CC(C)C1(O)CN(C(=O)CCn2ccccc2=O)C1. The maximum Gasteiger partial charge on any atom is 0.250 e. The summed E-state index contributed by atoms with van der Waals surface area (Å²) in [5, 5.41) is 10.1. The fourth-order valence-corrected chi connectivity index (χ4v) is 2.18. The van der Waals surface area contributed by atoms with Gasteiger partial charge in [-0.3, -0.25) is 9.59 Å². The molecule has 1 aromatic heterocycles. The number of rotatable bonds is 4. The number of aromatic nitrogens is 1. The van der Waals surface area contributed by atoms with Crippen molar-refractivity contribution in [3.63, 3.8) is 0 Å². The fraction of sp³-hybridized carbons (Fsp3) is 0.571. The molecule has 0 radical (unpaired) electrons. The number of aliphatic hydroxyl groups is 1. The average Bonchev–Trinajstić information content (AvgIpc) is 2.33. The van der Waals surface area contributed by atoms with Crippen LogP contribution in [0.25, 0.3) is 0 Å². The second-order valence-electron chi connectivity index (χ2n) is 5.49. The first-order valence-corrected chi connectivity index (χ1v) is 6.58. The molecule has 2 heterocycles. The van der Waals surface area contributed by atoms with E-state index in [1.54, 1.807) is 23.2 Å². The molecule has 0 bridgehead atoms. The molecule has 1 fully saturated rings. The Labute approximate surface area is 112 Å². The molecule has 104 valence electrons. The lowest BCUT2D eigenvalue weighted by Crippen LogP contribution is -2.66. The van der Waals surface area contributed by atoms with Gasteiger partial charge in [0.15, 0.2) is 0 Å². The number of carbonyl (C=O) groups excluding carboxylic acids is 1. The number of carbonyl (C=O) groups is 1. The lowest BCUT2D eigenvalue weighted by Gasteiger charge is -2.49. The normalized spacial score (nSPS) is 17.4. The van der Waals surface area contributed by atoms with Gasteiger partial charge >= 0.3 is 0 Å². The molecule has 1 aromatic rings. The minimum absolute atomic E-state index is 0.0129. The molecule has 5 nitrogen and oxygen atoms in total. The van der Waals surface area contributed by atoms with E-state index in [9.17, 15) is 14.7 Å². The van der Waals surface area contributed by atoms with Crippen molar-refractivity contribution in [1.29, 1.82) is 0 Å². The van der Waals surface area contributed by atoms with Gasteiger partial charge < -0.3 is 14.6 Å². The van der Waals surface area contributed by atoms with Crippen molar-refractivity contribution < 1.29 is 9.90 Å². The summed E-state index contributed by atoms with van der Waals surface area (Å²) in [6, 6.07) is 4.93. The molecular formula is C14H20N2O3. The summed E-state index contributed by atoms with van der Waals surface area (Å²) in [6.45, 7) is 5.08. The summed E-state index contributed by atoms with van der Waals surface area (Å²) >= 11 is 0. The van der Waals surface area contributed by atoms with Gasteiger partial charge in [-0.25, -0.2) is 0 Å². The van der Waals surface area contributed by atoms with E-state index in [1.165, 1.54) is 10.6 Å². The maximum atomic E-state index is 11.9. The summed E-state index contributed by atoms with van der Waals surface area (Å²) in [6.07, 6.45) is 1.97. The molecule has 5 heteroatoms. The average molecular weight is 264 g/mol. The molecule has 0 aromatic carbocycles. The van der Waals surface area contributed by atoms with Gasteiger partial charge in [0.1, 0.15) is 5.60 Å². The van der Waals surface area contributed by atoms with Crippen molar-refractivity contribution in [2.75, 3.05) is 13.1 Å². The molecule has 1 aliphatic heterocycles. The third kappa shape index (κ3) is 2.87. The van der Waals surface area contributed by atoms with E-state index < -0.39 is 5.60 Å². The van der Waals surface area contributed by atoms with Gasteiger partial charge in [0.25, 0.3) is 5.56 Å². The van der Waals surface area contributed by atoms with Gasteiger partial charge in [-0.15, -0.1) is 0 Å². The van der Waals surface area contributed by atoms with E-state index in [0.29, 0.717) is 19.6 Å². The number of likely N-dealkylation sites (tertiary alicyclic amines) is 1. The van der Waals surface area contributed by atoms with Crippen molar-refractivity contribution >= 4 is 5.91 Å². The van der Waals surface area contributed by atoms with Gasteiger partial charge in [0, 0.05) is 25.2 Å². The third-order valence-corrected chi connectivity index (χ3v) is 3.82. The summed E-state index contributed by atoms with van der Waals surface area (Å²) in [5.41, 5.74) is -0.836. The zero-order valence-electron chi connectivity index (χ0n) is 11.4. The quantitative estimate of drug-likeness (QED) is 0.859. The highest BCUT2D eigenvalue weighted by Crippen LogP contribution is 2.28. The molecular weight excluding hydrogens is 244 g/mol. The standard InChI is InChI=1S/C14H20N2O3/c1-11(2)14(19)9-16(10-14)13(18)6-8-15-7-4-3-5-12(15)17/h3-5,7,11,19H,6,8-10H2,1-2H3. The van der Waals surface area contributed by atoms with E-state index in [2.05, 4.69) is 0 Å². The molecule has 0 atom stereocenters. The number of pyridine rings is 1. The molecule has 1 aliphatic rings. The van der Waals surface area contributed by atoms with Crippen LogP contribution >= 0.6 is 0 Å². The highest BCUT2D eigenvalue weighted by molar-refractivity contribution is 5.77. The van der Waals surface area contributed by atoms with Crippen molar-refractivity contribution in [2.24, 2.45) is 5.92 Å².